The standard InChI is InChI=1S/C12H19N3OS/c16-11-3-7-15(9-11)10-1-5-14(6-2-10)12-13-4-8-17-12/h4,8,10-11,16H,1-3,5-7,9H2/t11-/m1/s1. The van der Waals surface area contributed by atoms with Gasteiger partial charge in [-0.1, -0.05) is 0 Å². The topological polar surface area (TPSA) is 39.6 Å². The van der Waals surface area contributed by atoms with Crippen LogP contribution in [0.3, 0.4) is 0 Å². The van der Waals surface area contributed by atoms with Gasteiger partial charge in [0.05, 0.1) is 6.10 Å². The maximum absolute atomic E-state index is 9.57. The summed E-state index contributed by atoms with van der Waals surface area (Å²) in [6.45, 7) is 4.15. The van der Waals surface area contributed by atoms with E-state index in [0.29, 0.717) is 6.04 Å². The van der Waals surface area contributed by atoms with Crippen LogP contribution in [0.15, 0.2) is 11.6 Å². The molecule has 2 saturated heterocycles. The van der Waals surface area contributed by atoms with E-state index in [0.717, 1.165) is 37.7 Å². The highest BCUT2D eigenvalue weighted by molar-refractivity contribution is 7.13. The molecule has 5 heteroatoms. The highest BCUT2D eigenvalue weighted by Gasteiger charge is 2.30. The van der Waals surface area contributed by atoms with E-state index >= 15 is 0 Å². The first-order valence-electron chi connectivity index (χ1n) is 6.39. The van der Waals surface area contributed by atoms with Crippen LogP contribution < -0.4 is 4.90 Å². The van der Waals surface area contributed by atoms with Crippen LogP contribution in [0.1, 0.15) is 19.3 Å². The SMILES string of the molecule is O[C@@H]1CCN(C2CCN(c3nccs3)CC2)C1. The minimum atomic E-state index is -0.0907. The summed E-state index contributed by atoms with van der Waals surface area (Å²) < 4.78 is 0. The fourth-order valence-electron chi connectivity index (χ4n) is 2.89. The van der Waals surface area contributed by atoms with E-state index in [-0.39, 0.29) is 6.10 Å². The summed E-state index contributed by atoms with van der Waals surface area (Å²) in [5.41, 5.74) is 0. The summed E-state index contributed by atoms with van der Waals surface area (Å²) in [4.78, 5) is 9.21. The molecule has 17 heavy (non-hydrogen) atoms. The van der Waals surface area contributed by atoms with Crippen LogP contribution in [0.25, 0.3) is 0 Å². The third kappa shape index (κ3) is 2.46. The van der Waals surface area contributed by atoms with Gasteiger partial charge in [0.1, 0.15) is 0 Å². The van der Waals surface area contributed by atoms with Crippen LogP contribution in [0.4, 0.5) is 5.13 Å². The summed E-state index contributed by atoms with van der Waals surface area (Å²) in [5.74, 6) is 0. The van der Waals surface area contributed by atoms with E-state index in [9.17, 15) is 5.11 Å². The number of likely N-dealkylation sites (tertiary alicyclic amines) is 1. The van der Waals surface area contributed by atoms with Gasteiger partial charge >= 0.3 is 0 Å². The van der Waals surface area contributed by atoms with Gasteiger partial charge in [-0.05, 0) is 19.3 Å². The molecule has 0 radical (unpaired) electrons. The monoisotopic (exact) mass is 253 g/mol. The Morgan fingerprint density at radius 3 is 2.65 bits per heavy atom. The van der Waals surface area contributed by atoms with E-state index < -0.39 is 0 Å². The number of aliphatic hydroxyl groups is 1. The van der Waals surface area contributed by atoms with Crippen molar-refractivity contribution in [3.8, 4) is 0 Å². The lowest BCUT2D eigenvalue weighted by molar-refractivity contribution is 0.148. The van der Waals surface area contributed by atoms with E-state index in [1.165, 1.54) is 12.8 Å². The molecule has 2 aliphatic rings. The Hall–Kier alpha value is -0.650. The zero-order valence-corrected chi connectivity index (χ0v) is 10.8. The molecule has 0 amide bonds. The van der Waals surface area contributed by atoms with Crippen molar-refractivity contribution >= 4 is 16.5 Å². The molecule has 0 aliphatic carbocycles. The van der Waals surface area contributed by atoms with Crippen molar-refractivity contribution in [2.75, 3.05) is 31.1 Å². The van der Waals surface area contributed by atoms with E-state index in [1.54, 1.807) is 11.3 Å². The number of aliphatic hydroxyl groups excluding tert-OH is 1. The normalized spacial score (nSPS) is 27.8. The molecule has 1 aromatic heterocycles. The number of piperidine rings is 1. The van der Waals surface area contributed by atoms with Crippen LogP contribution in [0.5, 0.6) is 0 Å². The maximum atomic E-state index is 9.57. The van der Waals surface area contributed by atoms with Gasteiger partial charge in [0.15, 0.2) is 5.13 Å². The van der Waals surface area contributed by atoms with Crippen LogP contribution in [0, 0.1) is 0 Å². The number of rotatable bonds is 2. The van der Waals surface area contributed by atoms with Crippen molar-refractivity contribution in [1.29, 1.82) is 0 Å². The van der Waals surface area contributed by atoms with Crippen molar-refractivity contribution in [3.05, 3.63) is 11.6 Å². The van der Waals surface area contributed by atoms with Gasteiger partial charge in [0.25, 0.3) is 0 Å². The molecular formula is C12H19N3OS. The molecule has 1 aromatic rings. The first-order chi connectivity index (χ1) is 8.33. The first-order valence-corrected chi connectivity index (χ1v) is 7.27. The average molecular weight is 253 g/mol. The second kappa shape index (κ2) is 4.92. The van der Waals surface area contributed by atoms with Crippen LogP contribution >= 0.6 is 11.3 Å². The molecule has 94 valence electrons. The summed E-state index contributed by atoms with van der Waals surface area (Å²) in [5, 5.41) is 12.8. The number of nitrogens with zero attached hydrogens (tertiary/aromatic N) is 3. The molecule has 0 bridgehead atoms. The van der Waals surface area contributed by atoms with E-state index in [1.807, 2.05) is 11.6 Å². The van der Waals surface area contributed by atoms with Crippen molar-refractivity contribution in [2.45, 2.75) is 31.4 Å². The van der Waals surface area contributed by atoms with Gasteiger partial charge < -0.3 is 10.0 Å². The molecule has 0 spiro atoms. The fraction of sp³-hybridized carbons (Fsp3) is 0.750. The van der Waals surface area contributed by atoms with Crippen LogP contribution in [0.2, 0.25) is 0 Å². The van der Waals surface area contributed by atoms with Crippen molar-refractivity contribution in [2.24, 2.45) is 0 Å². The molecule has 2 aliphatic heterocycles. The van der Waals surface area contributed by atoms with Crippen LogP contribution in [-0.2, 0) is 0 Å². The molecule has 0 aromatic carbocycles. The van der Waals surface area contributed by atoms with Crippen LogP contribution in [-0.4, -0.2) is 53.3 Å². The van der Waals surface area contributed by atoms with Crippen molar-refractivity contribution in [3.63, 3.8) is 0 Å². The van der Waals surface area contributed by atoms with E-state index in [2.05, 4.69) is 14.8 Å². The first kappa shape index (κ1) is 11.4. The molecule has 1 atom stereocenters. The Morgan fingerprint density at radius 2 is 2.06 bits per heavy atom. The number of aromatic nitrogens is 1. The summed E-state index contributed by atoms with van der Waals surface area (Å²) in [7, 11) is 0. The molecular weight excluding hydrogens is 234 g/mol. The van der Waals surface area contributed by atoms with Gasteiger partial charge in [-0.25, -0.2) is 4.98 Å². The van der Waals surface area contributed by atoms with Gasteiger partial charge in [-0.2, -0.15) is 0 Å². The lowest BCUT2D eigenvalue weighted by atomic mass is 10.0. The highest BCUT2D eigenvalue weighted by Crippen LogP contribution is 2.25. The molecule has 4 nitrogen and oxygen atoms in total. The Labute approximate surface area is 106 Å². The molecule has 0 unspecified atom stereocenters. The number of anilines is 1. The van der Waals surface area contributed by atoms with Gasteiger partial charge in [0, 0.05) is 43.8 Å². The Morgan fingerprint density at radius 1 is 1.24 bits per heavy atom. The lowest BCUT2D eigenvalue weighted by Gasteiger charge is -2.36. The molecule has 3 rings (SSSR count). The zero-order valence-electron chi connectivity index (χ0n) is 9.96. The number of thiazole rings is 1. The van der Waals surface area contributed by atoms with Gasteiger partial charge in [-0.15, -0.1) is 11.3 Å². The minimum Gasteiger partial charge on any atom is -0.392 e. The van der Waals surface area contributed by atoms with E-state index in [4.69, 9.17) is 0 Å². The molecule has 2 fully saturated rings. The lowest BCUT2D eigenvalue weighted by Crippen LogP contribution is -2.44. The van der Waals surface area contributed by atoms with Gasteiger partial charge in [0.2, 0.25) is 0 Å². The Bertz CT molecular complexity index is 349. The Balaban J connectivity index is 1.54. The Kier molecular flexibility index (Phi) is 3.31. The highest BCUT2D eigenvalue weighted by atomic mass is 32.1. The number of β-amino-alcohol motifs (C(OH)–C–C–N with tert-alkyl or cyclic N) is 1. The summed E-state index contributed by atoms with van der Waals surface area (Å²) in [6, 6.07) is 0.670. The third-order valence-corrected chi connectivity index (χ3v) is 4.70. The molecule has 3 heterocycles. The number of hydrogen-bond donors (Lipinski definition) is 1. The average Bonchev–Trinajstić information content (AvgIpc) is 3.00. The summed E-state index contributed by atoms with van der Waals surface area (Å²) in [6.07, 6.45) is 5.14. The van der Waals surface area contributed by atoms with Crippen molar-refractivity contribution in [1.82, 2.24) is 9.88 Å². The quantitative estimate of drug-likeness (QED) is 0.859. The smallest absolute Gasteiger partial charge is 0.185 e. The zero-order chi connectivity index (χ0) is 11.7. The predicted molar refractivity (Wildman–Crippen MR) is 69.5 cm³/mol. The fourth-order valence-corrected chi connectivity index (χ4v) is 3.59. The number of hydrogen-bond acceptors (Lipinski definition) is 5. The van der Waals surface area contributed by atoms with Crippen molar-refractivity contribution < 1.29 is 5.11 Å². The minimum absolute atomic E-state index is 0.0907. The molecule has 0 saturated carbocycles. The second-order valence-electron chi connectivity index (χ2n) is 4.97. The predicted octanol–water partition coefficient (Wildman–Crippen LogP) is 1.18. The summed E-state index contributed by atoms with van der Waals surface area (Å²) >= 11 is 1.72. The second-order valence-corrected chi connectivity index (χ2v) is 5.84. The maximum Gasteiger partial charge on any atom is 0.185 e. The third-order valence-electron chi connectivity index (χ3n) is 3.87. The largest absolute Gasteiger partial charge is 0.392 e. The van der Waals surface area contributed by atoms with Gasteiger partial charge in [-0.3, -0.25) is 4.90 Å². The molecule has 1 N–H and O–H groups in total.